The number of nitrogens with zero attached hydrogens (tertiary/aromatic N) is 4. The summed E-state index contributed by atoms with van der Waals surface area (Å²) in [6.07, 6.45) is 0. The van der Waals surface area contributed by atoms with Crippen LogP contribution in [0.1, 0.15) is 47.4 Å². The second-order valence-corrected chi connectivity index (χ2v) is 9.75. The largest absolute Gasteiger partial charge is 0.351 e. The number of carbonyl (C=O) groups is 1. The summed E-state index contributed by atoms with van der Waals surface area (Å²) in [6.45, 7) is 13.6. The second-order valence-electron chi connectivity index (χ2n) is 8.43. The number of nitrogens with one attached hydrogen (secondary N) is 1. The molecule has 28 heavy (non-hydrogen) atoms. The van der Waals surface area contributed by atoms with Gasteiger partial charge in [-0.1, -0.05) is 25.6 Å². The van der Waals surface area contributed by atoms with Gasteiger partial charge in [-0.3, -0.25) is 18.7 Å². The Bertz CT molecular complexity index is 1020. The number of carbonyl (C=O) groups excluding carboxylic acids is 1. The number of aromatic nitrogens is 4. The maximum absolute atomic E-state index is 12.9. The van der Waals surface area contributed by atoms with Gasteiger partial charge >= 0.3 is 5.69 Å². The van der Waals surface area contributed by atoms with Crippen LogP contribution >= 0.6 is 11.8 Å². The first-order chi connectivity index (χ1) is 12.8. The fourth-order valence-electron chi connectivity index (χ4n) is 2.75. The molecular weight excluding hydrogens is 378 g/mol. The number of hydrogen-bond acceptors (Lipinski definition) is 6. The summed E-state index contributed by atoms with van der Waals surface area (Å²) >= 11 is 1.20. The van der Waals surface area contributed by atoms with Gasteiger partial charge in [0.1, 0.15) is 16.2 Å². The van der Waals surface area contributed by atoms with E-state index in [4.69, 9.17) is 0 Å². The molecule has 1 N–H and O–H groups in total. The van der Waals surface area contributed by atoms with Gasteiger partial charge in [-0.25, -0.2) is 14.8 Å². The van der Waals surface area contributed by atoms with Crippen molar-refractivity contribution in [3.8, 4) is 0 Å². The van der Waals surface area contributed by atoms with Crippen LogP contribution in [0.5, 0.6) is 0 Å². The van der Waals surface area contributed by atoms with Gasteiger partial charge in [0.05, 0.1) is 5.25 Å². The predicted octanol–water partition coefficient (Wildman–Crippen LogP) is 1.85. The van der Waals surface area contributed by atoms with Crippen LogP contribution in [0.2, 0.25) is 0 Å². The lowest BCUT2D eigenvalue weighted by atomic mass is 10.1. The third-order valence-corrected chi connectivity index (χ3v) is 5.05. The lowest BCUT2D eigenvalue weighted by molar-refractivity contribution is -0.121. The Morgan fingerprint density at radius 1 is 1.18 bits per heavy atom. The standard InChI is InChI=1S/C19H29N5O3S/c1-10(2)9-24-14-13(17(26)23(8)18(24)27)16(21-12(4)20-14)28-11(3)15(25)22-19(5,6)7/h10-11H,9H2,1-8H3,(H,22,25)/t11-/m1/s1. The molecule has 0 unspecified atom stereocenters. The van der Waals surface area contributed by atoms with E-state index >= 15 is 0 Å². The molecule has 0 saturated heterocycles. The number of amides is 1. The molecule has 0 bridgehead atoms. The lowest BCUT2D eigenvalue weighted by Crippen LogP contribution is -2.44. The van der Waals surface area contributed by atoms with Crippen LogP contribution in [0.3, 0.4) is 0 Å². The minimum atomic E-state index is -0.466. The zero-order chi connectivity index (χ0) is 21.4. The zero-order valence-electron chi connectivity index (χ0n) is 17.8. The van der Waals surface area contributed by atoms with E-state index in [-0.39, 0.29) is 22.8 Å². The molecule has 0 aliphatic heterocycles. The Kier molecular flexibility index (Phi) is 6.37. The smallest absolute Gasteiger partial charge is 0.332 e. The van der Waals surface area contributed by atoms with Crippen molar-refractivity contribution in [1.82, 2.24) is 24.4 Å². The van der Waals surface area contributed by atoms with Crippen molar-refractivity contribution < 1.29 is 4.79 Å². The number of aryl methyl sites for hydroxylation is 1. The highest BCUT2D eigenvalue weighted by Crippen LogP contribution is 2.27. The van der Waals surface area contributed by atoms with E-state index in [0.29, 0.717) is 23.0 Å². The molecule has 0 aromatic carbocycles. The van der Waals surface area contributed by atoms with E-state index in [9.17, 15) is 14.4 Å². The van der Waals surface area contributed by atoms with Crippen molar-refractivity contribution in [2.24, 2.45) is 13.0 Å². The van der Waals surface area contributed by atoms with Crippen LogP contribution in [0.15, 0.2) is 14.6 Å². The maximum Gasteiger partial charge on any atom is 0.332 e. The number of thioether (sulfide) groups is 1. The quantitative estimate of drug-likeness (QED) is 0.600. The van der Waals surface area contributed by atoms with E-state index in [0.717, 1.165) is 4.57 Å². The maximum atomic E-state index is 12.9. The minimum absolute atomic E-state index is 0.144. The second kappa shape index (κ2) is 8.06. The molecule has 0 saturated carbocycles. The first-order valence-corrected chi connectivity index (χ1v) is 10.2. The fourth-order valence-corrected chi connectivity index (χ4v) is 3.73. The van der Waals surface area contributed by atoms with E-state index in [1.165, 1.54) is 23.4 Å². The highest BCUT2D eigenvalue weighted by Gasteiger charge is 2.24. The van der Waals surface area contributed by atoms with Crippen molar-refractivity contribution >= 4 is 28.7 Å². The van der Waals surface area contributed by atoms with Crippen LogP contribution in [-0.4, -0.2) is 35.8 Å². The van der Waals surface area contributed by atoms with E-state index in [2.05, 4.69) is 15.3 Å². The Morgan fingerprint density at radius 3 is 2.32 bits per heavy atom. The first kappa shape index (κ1) is 22.1. The molecule has 9 heteroatoms. The fraction of sp³-hybridized carbons (Fsp3) is 0.632. The number of fused-ring (bicyclic) bond motifs is 1. The van der Waals surface area contributed by atoms with Gasteiger partial charge in [-0.15, -0.1) is 0 Å². The zero-order valence-corrected chi connectivity index (χ0v) is 18.6. The van der Waals surface area contributed by atoms with Gasteiger partial charge in [0.2, 0.25) is 5.91 Å². The average Bonchev–Trinajstić information content (AvgIpc) is 2.54. The Morgan fingerprint density at radius 2 is 1.79 bits per heavy atom. The van der Waals surface area contributed by atoms with E-state index in [1.54, 1.807) is 13.8 Å². The molecule has 0 aliphatic rings. The molecular formula is C19H29N5O3S. The third kappa shape index (κ3) is 4.81. The summed E-state index contributed by atoms with van der Waals surface area (Å²) in [5.41, 5.74) is -0.895. The molecule has 0 aliphatic carbocycles. The average molecular weight is 408 g/mol. The molecule has 2 aromatic rings. The molecule has 2 aromatic heterocycles. The summed E-state index contributed by atoms with van der Waals surface area (Å²) in [5.74, 6) is 0.499. The Labute approximate surface area is 168 Å². The SMILES string of the molecule is Cc1nc(S[C@H](C)C(=O)NC(C)(C)C)c2c(=O)n(C)c(=O)n(CC(C)C)c2n1. The molecule has 1 amide bonds. The highest BCUT2D eigenvalue weighted by molar-refractivity contribution is 8.00. The molecule has 8 nitrogen and oxygen atoms in total. The Balaban J connectivity index is 2.65. The van der Waals surface area contributed by atoms with Crippen LogP contribution in [0, 0.1) is 12.8 Å². The first-order valence-electron chi connectivity index (χ1n) is 9.28. The van der Waals surface area contributed by atoms with Crippen molar-refractivity contribution in [2.75, 3.05) is 0 Å². The van der Waals surface area contributed by atoms with E-state index < -0.39 is 16.5 Å². The van der Waals surface area contributed by atoms with Gasteiger partial charge in [0.25, 0.3) is 5.56 Å². The summed E-state index contributed by atoms with van der Waals surface area (Å²) in [5, 5.41) is 3.15. The summed E-state index contributed by atoms with van der Waals surface area (Å²) in [7, 11) is 1.45. The summed E-state index contributed by atoms with van der Waals surface area (Å²) in [4.78, 5) is 46.8. The van der Waals surface area contributed by atoms with Gasteiger partial charge in [-0.05, 0) is 40.5 Å². The molecule has 0 spiro atoms. The number of hydrogen-bond donors (Lipinski definition) is 1. The molecule has 1 atom stereocenters. The van der Waals surface area contributed by atoms with Crippen molar-refractivity contribution in [1.29, 1.82) is 0 Å². The van der Waals surface area contributed by atoms with E-state index in [1.807, 2.05) is 34.6 Å². The van der Waals surface area contributed by atoms with Crippen LogP contribution in [0.25, 0.3) is 11.0 Å². The van der Waals surface area contributed by atoms with Gasteiger partial charge < -0.3 is 5.32 Å². The van der Waals surface area contributed by atoms with Gasteiger partial charge in [0.15, 0.2) is 5.65 Å². The normalized spacial score (nSPS) is 13.2. The van der Waals surface area contributed by atoms with Gasteiger partial charge in [0, 0.05) is 19.1 Å². The minimum Gasteiger partial charge on any atom is -0.351 e. The van der Waals surface area contributed by atoms with Crippen LogP contribution in [-0.2, 0) is 18.4 Å². The lowest BCUT2D eigenvalue weighted by Gasteiger charge is -2.23. The van der Waals surface area contributed by atoms with Gasteiger partial charge in [-0.2, -0.15) is 0 Å². The summed E-state index contributed by atoms with van der Waals surface area (Å²) in [6, 6.07) is 0. The molecule has 0 fully saturated rings. The third-order valence-electron chi connectivity index (χ3n) is 3.96. The predicted molar refractivity (Wildman–Crippen MR) is 112 cm³/mol. The van der Waals surface area contributed by atoms with Crippen LogP contribution < -0.4 is 16.6 Å². The highest BCUT2D eigenvalue weighted by atomic mass is 32.2. The molecule has 2 rings (SSSR count). The van der Waals surface area contributed by atoms with Crippen molar-refractivity contribution in [3.63, 3.8) is 0 Å². The summed E-state index contributed by atoms with van der Waals surface area (Å²) < 4.78 is 2.59. The Hall–Kier alpha value is -2.16. The van der Waals surface area contributed by atoms with Crippen LogP contribution in [0.4, 0.5) is 0 Å². The van der Waals surface area contributed by atoms with Crippen molar-refractivity contribution in [2.45, 2.75) is 70.8 Å². The molecule has 154 valence electrons. The molecule has 2 heterocycles. The van der Waals surface area contributed by atoms with Crippen molar-refractivity contribution in [3.05, 3.63) is 26.7 Å². The molecule has 0 radical (unpaired) electrons. The number of rotatable bonds is 5. The monoisotopic (exact) mass is 407 g/mol. The topological polar surface area (TPSA) is 98.9 Å².